The Bertz CT molecular complexity index is 754. The second-order valence-corrected chi connectivity index (χ2v) is 8.54. The number of nitrogens with zero attached hydrogens (tertiary/aromatic N) is 4. The summed E-state index contributed by atoms with van der Waals surface area (Å²) in [5.41, 5.74) is 0.753. The van der Waals surface area contributed by atoms with Gasteiger partial charge in [0, 0.05) is 44.3 Å². The van der Waals surface area contributed by atoms with Gasteiger partial charge >= 0.3 is 0 Å². The molecule has 1 atom stereocenters. The number of piperazine rings is 1. The molecule has 7 heteroatoms. The lowest BCUT2D eigenvalue weighted by molar-refractivity contribution is 0.0797. The van der Waals surface area contributed by atoms with E-state index in [-0.39, 0.29) is 0 Å². The maximum atomic E-state index is 12.2. The van der Waals surface area contributed by atoms with E-state index < -0.39 is 10.0 Å². The molecule has 1 aromatic carbocycles. The topological polar surface area (TPSA) is 56.2 Å². The van der Waals surface area contributed by atoms with Crippen molar-refractivity contribution in [2.45, 2.75) is 23.8 Å². The summed E-state index contributed by atoms with van der Waals surface area (Å²) in [6, 6.07) is 7.78. The van der Waals surface area contributed by atoms with Crippen molar-refractivity contribution in [3.8, 4) is 0 Å². The zero-order chi connectivity index (χ0) is 16.7. The molecule has 1 aromatic rings. The minimum absolute atomic E-state index is 0.344. The third kappa shape index (κ3) is 2.85. The van der Waals surface area contributed by atoms with Gasteiger partial charge in [-0.25, -0.2) is 0 Å². The predicted molar refractivity (Wildman–Crippen MR) is 93.8 cm³/mol. The summed E-state index contributed by atoms with van der Waals surface area (Å²) in [5, 5.41) is 0. The molecule has 1 unspecified atom stereocenters. The van der Waals surface area contributed by atoms with E-state index in [4.69, 9.17) is 0 Å². The number of hydrogen-bond donors (Lipinski definition) is 0. The molecule has 0 bridgehead atoms. The first-order valence-electron chi connectivity index (χ1n) is 8.66. The molecule has 0 saturated carbocycles. The minimum atomic E-state index is -3.52. The first-order valence-corrected chi connectivity index (χ1v) is 10.1. The quantitative estimate of drug-likeness (QED) is 0.753. The highest BCUT2D eigenvalue weighted by Gasteiger charge is 2.34. The Balaban J connectivity index is 1.47. The Morgan fingerprint density at radius 1 is 1.08 bits per heavy atom. The molecule has 2 saturated heterocycles. The Hall–Kier alpha value is -1.44. The number of benzene rings is 1. The fourth-order valence-corrected chi connectivity index (χ4v) is 5.28. The number of hydrogen-bond acceptors (Lipinski definition) is 5. The molecule has 24 heavy (non-hydrogen) atoms. The van der Waals surface area contributed by atoms with Gasteiger partial charge in [-0.3, -0.25) is 4.90 Å². The largest absolute Gasteiger partial charge is 0.353 e. The summed E-state index contributed by atoms with van der Waals surface area (Å²) < 4.78 is 28.5. The van der Waals surface area contributed by atoms with Crippen LogP contribution in [0.4, 0.5) is 0 Å². The first kappa shape index (κ1) is 16.1. The molecular formula is C17H24N4O2S. The van der Waals surface area contributed by atoms with Crippen LogP contribution >= 0.6 is 0 Å². The lowest BCUT2D eigenvalue weighted by atomic mass is 10.0. The Kier molecular flexibility index (Phi) is 4.10. The predicted octanol–water partition coefficient (Wildman–Crippen LogP) is 0.847. The number of amidine groups is 1. The van der Waals surface area contributed by atoms with Crippen molar-refractivity contribution < 1.29 is 8.42 Å². The van der Waals surface area contributed by atoms with Gasteiger partial charge in [-0.1, -0.05) is 12.1 Å². The second kappa shape index (κ2) is 6.13. The van der Waals surface area contributed by atoms with E-state index in [1.807, 2.05) is 12.1 Å². The van der Waals surface area contributed by atoms with E-state index >= 15 is 0 Å². The van der Waals surface area contributed by atoms with Gasteiger partial charge in [0.1, 0.15) is 4.90 Å². The van der Waals surface area contributed by atoms with Crippen LogP contribution in [0.1, 0.15) is 18.4 Å². The van der Waals surface area contributed by atoms with Crippen molar-refractivity contribution in [1.29, 1.82) is 0 Å². The van der Waals surface area contributed by atoms with E-state index in [0.717, 1.165) is 38.3 Å². The van der Waals surface area contributed by atoms with Crippen molar-refractivity contribution in [2.75, 3.05) is 46.3 Å². The van der Waals surface area contributed by atoms with Gasteiger partial charge in [-0.2, -0.15) is 8.42 Å². The molecule has 0 amide bonds. The van der Waals surface area contributed by atoms with Crippen molar-refractivity contribution in [3.05, 3.63) is 29.8 Å². The molecular weight excluding hydrogens is 324 g/mol. The van der Waals surface area contributed by atoms with Crippen molar-refractivity contribution in [2.24, 2.45) is 4.40 Å². The normalized spacial score (nSPS) is 27.8. The molecule has 4 rings (SSSR count). The van der Waals surface area contributed by atoms with Crippen LogP contribution in [-0.4, -0.2) is 81.3 Å². The summed E-state index contributed by atoms with van der Waals surface area (Å²) >= 11 is 0. The van der Waals surface area contributed by atoms with Crippen LogP contribution in [0.3, 0.4) is 0 Å². The third-order valence-corrected chi connectivity index (χ3v) is 6.67. The van der Waals surface area contributed by atoms with Crippen LogP contribution in [0, 0.1) is 0 Å². The SMILES string of the molecule is CN1CCCC(N2CCN(C3=NS(=O)(=O)c4ccccc43)CC2)C1. The Morgan fingerprint density at radius 2 is 1.83 bits per heavy atom. The van der Waals surface area contributed by atoms with Gasteiger partial charge in [0.05, 0.1) is 0 Å². The van der Waals surface area contributed by atoms with Crippen LogP contribution < -0.4 is 0 Å². The number of sulfonamides is 1. The molecule has 2 fully saturated rings. The van der Waals surface area contributed by atoms with Gasteiger partial charge < -0.3 is 9.80 Å². The molecule has 3 aliphatic heterocycles. The van der Waals surface area contributed by atoms with Gasteiger partial charge in [-0.05, 0) is 38.6 Å². The van der Waals surface area contributed by atoms with Crippen LogP contribution in [0.15, 0.2) is 33.6 Å². The first-order chi connectivity index (χ1) is 11.5. The van der Waals surface area contributed by atoms with E-state index in [2.05, 4.69) is 26.1 Å². The summed E-state index contributed by atoms with van der Waals surface area (Å²) in [4.78, 5) is 7.44. The molecule has 3 heterocycles. The average Bonchev–Trinajstić information content (AvgIpc) is 2.87. The van der Waals surface area contributed by atoms with Crippen LogP contribution in [0.5, 0.6) is 0 Å². The van der Waals surface area contributed by atoms with Crippen LogP contribution in [-0.2, 0) is 10.0 Å². The van der Waals surface area contributed by atoms with Gasteiger partial charge in [0.15, 0.2) is 5.84 Å². The monoisotopic (exact) mass is 348 g/mol. The molecule has 0 radical (unpaired) electrons. The average molecular weight is 348 g/mol. The van der Waals surface area contributed by atoms with Gasteiger partial charge in [0.2, 0.25) is 0 Å². The number of rotatable bonds is 1. The summed E-state index contributed by atoms with van der Waals surface area (Å²) in [6.07, 6.45) is 2.53. The zero-order valence-electron chi connectivity index (χ0n) is 14.1. The molecule has 0 spiro atoms. The third-order valence-electron chi connectivity index (χ3n) is 5.34. The Morgan fingerprint density at radius 3 is 2.58 bits per heavy atom. The van der Waals surface area contributed by atoms with Crippen LogP contribution in [0.2, 0.25) is 0 Å². The molecule has 130 valence electrons. The van der Waals surface area contributed by atoms with E-state index in [9.17, 15) is 8.42 Å². The maximum absolute atomic E-state index is 12.2. The van der Waals surface area contributed by atoms with Gasteiger partial charge in [-0.15, -0.1) is 4.40 Å². The molecule has 0 aromatic heterocycles. The van der Waals surface area contributed by atoms with Gasteiger partial charge in [0.25, 0.3) is 10.0 Å². The van der Waals surface area contributed by atoms with Crippen molar-refractivity contribution in [3.63, 3.8) is 0 Å². The highest BCUT2D eigenvalue weighted by molar-refractivity contribution is 7.90. The lowest BCUT2D eigenvalue weighted by Crippen LogP contribution is -2.55. The van der Waals surface area contributed by atoms with Crippen LogP contribution in [0.25, 0.3) is 0 Å². The fraction of sp³-hybridized carbons (Fsp3) is 0.588. The van der Waals surface area contributed by atoms with E-state index in [1.54, 1.807) is 12.1 Å². The number of likely N-dealkylation sites (tertiary alicyclic amines) is 1. The summed E-state index contributed by atoms with van der Waals surface area (Å²) in [7, 11) is -1.33. The second-order valence-electron chi connectivity index (χ2n) is 6.97. The Labute approximate surface area is 143 Å². The zero-order valence-corrected chi connectivity index (χ0v) is 14.9. The van der Waals surface area contributed by atoms with E-state index in [1.165, 1.54) is 19.4 Å². The molecule has 6 nitrogen and oxygen atoms in total. The number of fused-ring (bicyclic) bond motifs is 1. The maximum Gasteiger partial charge on any atom is 0.285 e. The minimum Gasteiger partial charge on any atom is -0.353 e. The summed E-state index contributed by atoms with van der Waals surface area (Å²) in [5.74, 6) is 0.631. The van der Waals surface area contributed by atoms with Crippen molar-refractivity contribution >= 4 is 15.9 Å². The number of piperidine rings is 1. The molecule has 3 aliphatic rings. The highest BCUT2D eigenvalue weighted by atomic mass is 32.2. The molecule has 0 aliphatic carbocycles. The fourth-order valence-electron chi connectivity index (χ4n) is 4.05. The smallest absolute Gasteiger partial charge is 0.285 e. The molecule has 0 N–H and O–H groups in total. The summed E-state index contributed by atoms with van der Waals surface area (Å²) in [6.45, 7) is 5.95. The number of likely N-dealkylation sites (N-methyl/N-ethyl adjacent to an activating group) is 1. The lowest BCUT2D eigenvalue weighted by Gasteiger charge is -2.43. The standard InChI is InChI=1S/C17H24N4O2S/c1-19-8-4-5-14(13-19)20-9-11-21(12-10-20)17-15-6-2-3-7-16(15)24(22,23)18-17/h2-3,6-7,14H,4-5,8-13H2,1H3. The highest BCUT2D eigenvalue weighted by Crippen LogP contribution is 2.28. The van der Waals surface area contributed by atoms with Crippen molar-refractivity contribution in [1.82, 2.24) is 14.7 Å². The van der Waals surface area contributed by atoms with E-state index in [0.29, 0.717) is 16.8 Å².